The standard InChI is InChI=1S/C29H26N4O6S/c1-2-37-21-10-8-20(9-11-21)31-26(34)18-40-29-32-25-15-19(27(35)30-16-22-5-3-13-38-22)7-12-24(25)28(36)33(29)17-23-6-4-14-39-23/h3-15H,2,16-18H2,1H3,(H,30,35)(H,31,34). The summed E-state index contributed by atoms with van der Waals surface area (Å²) in [6.07, 6.45) is 3.06. The minimum atomic E-state index is -0.330. The number of fused-ring (bicyclic) bond motifs is 1. The molecule has 0 saturated carbocycles. The summed E-state index contributed by atoms with van der Waals surface area (Å²) in [7, 11) is 0. The molecule has 2 N–H and O–H groups in total. The summed E-state index contributed by atoms with van der Waals surface area (Å²) in [5, 5.41) is 6.29. The number of carbonyl (C=O) groups excluding carboxylic acids is 2. The van der Waals surface area contributed by atoms with Gasteiger partial charge in [-0.15, -0.1) is 0 Å². The van der Waals surface area contributed by atoms with Crippen molar-refractivity contribution in [1.29, 1.82) is 0 Å². The molecule has 10 nitrogen and oxygen atoms in total. The summed E-state index contributed by atoms with van der Waals surface area (Å²) < 4.78 is 17.6. The number of ether oxygens (including phenoxy) is 1. The van der Waals surface area contributed by atoms with Crippen molar-refractivity contribution < 1.29 is 23.2 Å². The van der Waals surface area contributed by atoms with E-state index in [0.29, 0.717) is 51.2 Å². The van der Waals surface area contributed by atoms with Crippen molar-refractivity contribution in [2.45, 2.75) is 25.2 Å². The van der Waals surface area contributed by atoms with E-state index in [1.807, 2.05) is 6.92 Å². The topological polar surface area (TPSA) is 129 Å². The van der Waals surface area contributed by atoms with Crippen LogP contribution < -0.4 is 20.9 Å². The number of nitrogens with one attached hydrogen (secondary N) is 2. The highest BCUT2D eigenvalue weighted by Crippen LogP contribution is 2.21. The number of thioether (sulfide) groups is 1. The normalized spacial score (nSPS) is 10.9. The second kappa shape index (κ2) is 12.4. The molecule has 0 unspecified atom stereocenters. The Morgan fingerprint density at radius 1 is 1.00 bits per heavy atom. The Morgan fingerprint density at radius 3 is 2.45 bits per heavy atom. The van der Waals surface area contributed by atoms with Crippen LogP contribution in [-0.4, -0.2) is 33.7 Å². The molecule has 0 spiro atoms. The van der Waals surface area contributed by atoms with Crippen LogP contribution in [0.5, 0.6) is 5.75 Å². The average molecular weight is 559 g/mol. The van der Waals surface area contributed by atoms with E-state index in [1.54, 1.807) is 66.7 Å². The monoisotopic (exact) mass is 558 g/mol. The lowest BCUT2D eigenvalue weighted by Gasteiger charge is -2.13. The molecule has 0 aliphatic heterocycles. The first kappa shape index (κ1) is 26.8. The van der Waals surface area contributed by atoms with Crippen molar-refractivity contribution >= 4 is 40.2 Å². The van der Waals surface area contributed by atoms with E-state index >= 15 is 0 Å². The summed E-state index contributed by atoms with van der Waals surface area (Å²) in [6, 6.07) is 18.8. The van der Waals surface area contributed by atoms with Crippen LogP contribution in [0.1, 0.15) is 28.8 Å². The number of carbonyl (C=O) groups is 2. The van der Waals surface area contributed by atoms with Gasteiger partial charge in [-0.05, 0) is 73.7 Å². The highest BCUT2D eigenvalue weighted by atomic mass is 32.2. The Morgan fingerprint density at radius 2 is 1.75 bits per heavy atom. The summed E-state index contributed by atoms with van der Waals surface area (Å²) in [5.41, 5.74) is 1.01. The van der Waals surface area contributed by atoms with E-state index in [4.69, 9.17) is 13.6 Å². The van der Waals surface area contributed by atoms with Gasteiger partial charge in [-0.2, -0.15) is 0 Å². The lowest BCUT2D eigenvalue weighted by Crippen LogP contribution is -2.26. The molecule has 0 fully saturated rings. The van der Waals surface area contributed by atoms with Gasteiger partial charge in [0, 0.05) is 11.3 Å². The second-order valence-corrected chi connectivity index (χ2v) is 9.60. The number of hydrogen-bond acceptors (Lipinski definition) is 8. The number of anilines is 1. The molecule has 5 rings (SSSR count). The quantitative estimate of drug-likeness (QED) is 0.177. The van der Waals surface area contributed by atoms with Crippen LogP contribution in [0.15, 0.2) is 98.0 Å². The van der Waals surface area contributed by atoms with Gasteiger partial charge in [0.15, 0.2) is 5.16 Å². The van der Waals surface area contributed by atoms with Crippen molar-refractivity contribution in [3.05, 3.63) is 107 Å². The van der Waals surface area contributed by atoms with Gasteiger partial charge in [0.05, 0.1) is 48.9 Å². The summed E-state index contributed by atoms with van der Waals surface area (Å²) in [6.45, 7) is 2.82. The SMILES string of the molecule is CCOc1ccc(NC(=O)CSc2nc3cc(C(=O)NCc4ccco4)ccc3c(=O)n2Cc2ccco2)cc1. The van der Waals surface area contributed by atoms with E-state index in [-0.39, 0.29) is 36.2 Å². The molecule has 40 heavy (non-hydrogen) atoms. The van der Waals surface area contributed by atoms with Gasteiger partial charge in [0.1, 0.15) is 17.3 Å². The number of aromatic nitrogens is 2. The average Bonchev–Trinajstić information content (AvgIpc) is 3.68. The van der Waals surface area contributed by atoms with E-state index < -0.39 is 0 Å². The Hall–Kier alpha value is -4.77. The van der Waals surface area contributed by atoms with Gasteiger partial charge < -0.3 is 24.2 Å². The van der Waals surface area contributed by atoms with Crippen LogP contribution in [0, 0.1) is 0 Å². The van der Waals surface area contributed by atoms with E-state index in [0.717, 1.165) is 11.8 Å². The largest absolute Gasteiger partial charge is 0.494 e. The molecule has 3 heterocycles. The lowest BCUT2D eigenvalue weighted by atomic mass is 10.1. The van der Waals surface area contributed by atoms with Crippen molar-refractivity contribution in [1.82, 2.24) is 14.9 Å². The van der Waals surface area contributed by atoms with Gasteiger partial charge in [-0.1, -0.05) is 11.8 Å². The van der Waals surface area contributed by atoms with Crippen LogP contribution in [0.4, 0.5) is 5.69 Å². The van der Waals surface area contributed by atoms with E-state index in [1.165, 1.54) is 17.1 Å². The Labute approximate surface area is 233 Å². The van der Waals surface area contributed by atoms with Gasteiger partial charge in [-0.3, -0.25) is 19.0 Å². The molecule has 0 bridgehead atoms. The Kier molecular flexibility index (Phi) is 8.31. The zero-order chi connectivity index (χ0) is 27.9. The van der Waals surface area contributed by atoms with Gasteiger partial charge >= 0.3 is 0 Å². The highest BCUT2D eigenvalue weighted by Gasteiger charge is 2.17. The fraction of sp³-hybridized carbons (Fsp3) is 0.172. The number of amides is 2. The molecule has 0 radical (unpaired) electrons. The predicted molar refractivity (Wildman–Crippen MR) is 151 cm³/mol. The van der Waals surface area contributed by atoms with Crippen LogP contribution in [0.2, 0.25) is 0 Å². The minimum absolute atomic E-state index is 0.00658. The third-order valence-corrected chi connectivity index (χ3v) is 6.84. The number of hydrogen-bond donors (Lipinski definition) is 2. The number of nitrogens with zero attached hydrogens (tertiary/aromatic N) is 2. The molecule has 3 aromatic heterocycles. The molecule has 2 aromatic carbocycles. The number of furan rings is 2. The molecule has 0 saturated heterocycles. The molecule has 0 aliphatic rings. The van der Waals surface area contributed by atoms with Crippen LogP contribution in [0.3, 0.4) is 0 Å². The summed E-state index contributed by atoms with van der Waals surface area (Å²) >= 11 is 1.12. The highest BCUT2D eigenvalue weighted by molar-refractivity contribution is 7.99. The maximum Gasteiger partial charge on any atom is 0.262 e. The van der Waals surface area contributed by atoms with Crippen LogP contribution in [-0.2, 0) is 17.9 Å². The third kappa shape index (κ3) is 6.44. The smallest absolute Gasteiger partial charge is 0.262 e. The molecule has 0 atom stereocenters. The van der Waals surface area contributed by atoms with Gasteiger partial charge in [0.25, 0.3) is 11.5 Å². The van der Waals surface area contributed by atoms with Gasteiger partial charge in [-0.25, -0.2) is 4.98 Å². The molecule has 204 valence electrons. The molecule has 2 amide bonds. The maximum absolute atomic E-state index is 13.5. The lowest BCUT2D eigenvalue weighted by molar-refractivity contribution is -0.113. The number of rotatable bonds is 11. The molecule has 5 aromatic rings. The van der Waals surface area contributed by atoms with Crippen molar-refractivity contribution in [2.24, 2.45) is 0 Å². The molecule has 0 aliphatic carbocycles. The fourth-order valence-electron chi connectivity index (χ4n) is 3.96. The first-order chi connectivity index (χ1) is 19.5. The fourth-order valence-corrected chi connectivity index (χ4v) is 4.76. The zero-order valence-corrected chi connectivity index (χ0v) is 22.4. The molecular weight excluding hydrogens is 532 g/mol. The second-order valence-electron chi connectivity index (χ2n) is 8.65. The third-order valence-electron chi connectivity index (χ3n) is 5.86. The zero-order valence-electron chi connectivity index (χ0n) is 21.6. The van der Waals surface area contributed by atoms with Crippen molar-refractivity contribution in [3.63, 3.8) is 0 Å². The predicted octanol–water partition coefficient (Wildman–Crippen LogP) is 4.69. The summed E-state index contributed by atoms with van der Waals surface area (Å²) in [5.74, 6) is 1.31. The molecule has 11 heteroatoms. The van der Waals surface area contributed by atoms with E-state index in [2.05, 4.69) is 15.6 Å². The Bertz CT molecular complexity index is 1660. The van der Waals surface area contributed by atoms with Crippen LogP contribution >= 0.6 is 11.8 Å². The van der Waals surface area contributed by atoms with Crippen molar-refractivity contribution in [2.75, 3.05) is 17.7 Å². The van der Waals surface area contributed by atoms with Crippen LogP contribution in [0.25, 0.3) is 10.9 Å². The first-order valence-corrected chi connectivity index (χ1v) is 13.5. The summed E-state index contributed by atoms with van der Waals surface area (Å²) in [4.78, 5) is 43.6. The maximum atomic E-state index is 13.5. The van der Waals surface area contributed by atoms with E-state index in [9.17, 15) is 14.4 Å². The van der Waals surface area contributed by atoms with Gasteiger partial charge in [0.2, 0.25) is 5.91 Å². The first-order valence-electron chi connectivity index (χ1n) is 12.5. The van der Waals surface area contributed by atoms with Crippen molar-refractivity contribution in [3.8, 4) is 5.75 Å². The minimum Gasteiger partial charge on any atom is -0.494 e. The Balaban J connectivity index is 1.37. The number of benzene rings is 2. The molecular formula is C29H26N4O6S.